The first-order valence-electron chi connectivity index (χ1n) is 5.14. The van der Waals surface area contributed by atoms with E-state index in [2.05, 4.69) is 15.0 Å². The van der Waals surface area contributed by atoms with Gasteiger partial charge in [-0.25, -0.2) is 19.7 Å². The zero-order chi connectivity index (χ0) is 12.7. The van der Waals surface area contributed by atoms with Gasteiger partial charge in [0.25, 0.3) is 0 Å². The summed E-state index contributed by atoms with van der Waals surface area (Å²) in [5, 5.41) is 9.75. The third-order valence-corrected chi connectivity index (χ3v) is 3.44. The summed E-state index contributed by atoms with van der Waals surface area (Å²) in [5.41, 5.74) is -0.00582. The van der Waals surface area contributed by atoms with E-state index in [1.807, 2.05) is 13.0 Å². The standard InChI is InChI=1S/C11H8N4O2S/c1-6-2-7-9(12-4-13-10(7)18-6)15-3-8(11(16)17)14-5-15/h2-5H,1H3,(H,16,17). The fourth-order valence-corrected chi connectivity index (χ4v) is 2.56. The molecule has 90 valence electrons. The number of aryl methyl sites for hydroxylation is 1. The molecule has 0 aromatic carbocycles. The topological polar surface area (TPSA) is 80.9 Å². The van der Waals surface area contributed by atoms with E-state index in [-0.39, 0.29) is 5.69 Å². The molecule has 7 heteroatoms. The predicted octanol–water partition coefficient (Wildman–Crippen LogP) is 1.88. The molecule has 0 aliphatic carbocycles. The fourth-order valence-electron chi connectivity index (χ4n) is 1.72. The Morgan fingerprint density at radius 3 is 2.94 bits per heavy atom. The van der Waals surface area contributed by atoms with Crippen molar-refractivity contribution in [3.63, 3.8) is 0 Å². The first-order chi connectivity index (χ1) is 8.65. The summed E-state index contributed by atoms with van der Waals surface area (Å²) < 4.78 is 1.60. The molecule has 0 bridgehead atoms. The highest BCUT2D eigenvalue weighted by atomic mass is 32.1. The number of aromatic nitrogens is 4. The van der Waals surface area contributed by atoms with Gasteiger partial charge in [0.1, 0.15) is 23.3 Å². The lowest BCUT2D eigenvalue weighted by Crippen LogP contribution is -1.97. The van der Waals surface area contributed by atoms with Gasteiger partial charge in [-0.15, -0.1) is 11.3 Å². The zero-order valence-corrected chi connectivity index (χ0v) is 10.2. The Labute approximate surface area is 106 Å². The van der Waals surface area contributed by atoms with E-state index < -0.39 is 5.97 Å². The lowest BCUT2D eigenvalue weighted by molar-refractivity contribution is 0.0691. The Morgan fingerprint density at radius 1 is 1.39 bits per heavy atom. The molecule has 0 amide bonds. The maximum atomic E-state index is 10.8. The molecule has 3 aromatic rings. The van der Waals surface area contributed by atoms with Crippen LogP contribution in [-0.4, -0.2) is 30.6 Å². The molecule has 3 aromatic heterocycles. The maximum Gasteiger partial charge on any atom is 0.356 e. The van der Waals surface area contributed by atoms with Crippen molar-refractivity contribution in [2.75, 3.05) is 0 Å². The lowest BCUT2D eigenvalue weighted by Gasteiger charge is -2.00. The van der Waals surface area contributed by atoms with Crippen LogP contribution in [0.5, 0.6) is 0 Å². The highest BCUT2D eigenvalue weighted by Gasteiger charge is 2.12. The highest BCUT2D eigenvalue weighted by Crippen LogP contribution is 2.26. The molecule has 0 unspecified atom stereocenters. The van der Waals surface area contributed by atoms with Crippen LogP contribution in [-0.2, 0) is 0 Å². The van der Waals surface area contributed by atoms with Crippen LogP contribution in [0, 0.1) is 6.92 Å². The highest BCUT2D eigenvalue weighted by molar-refractivity contribution is 7.18. The molecule has 1 N–H and O–H groups in total. The number of carboxylic acid groups (broad SMARTS) is 1. The van der Waals surface area contributed by atoms with Crippen LogP contribution < -0.4 is 0 Å². The maximum absolute atomic E-state index is 10.8. The Balaban J connectivity index is 2.21. The summed E-state index contributed by atoms with van der Waals surface area (Å²) in [6.45, 7) is 1.99. The zero-order valence-electron chi connectivity index (χ0n) is 9.36. The molecule has 0 saturated heterocycles. The molecule has 0 atom stereocenters. The summed E-state index contributed by atoms with van der Waals surface area (Å²) in [5.74, 6) is -0.412. The second-order valence-electron chi connectivity index (χ2n) is 3.74. The van der Waals surface area contributed by atoms with Crippen molar-refractivity contribution in [2.45, 2.75) is 6.92 Å². The van der Waals surface area contributed by atoms with E-state index in [4.69, 9.17) is 5.11 Å². The van der Waals surface area contributed by atoms with Crippen molar-refractivity contribution < 1.29 is 9.90 Å². The number of carbonyl (C=O) groups is 1. The minimum absolute atomic E-state index is 0.00582. The minimum Gasteiger partial charge on any atom is -0.476 e. The Bertz CT molecular complexity index is 746. The van der Waals surface area contributed by atoms with Crippen molar-refractivity contribution in [3.8, 4) is 5.82 Å². The Morgan fingerprint density at radius 2 is 2.22 bits per heavy atom. The average molecular weight is 260 g/mol. The predicted molar refractivity (Wildman–Crippen MR) is 66.2 cm³/mol. The van der Waals surface area contributed by atoms with Crippen LogP contribution in [0.3, 0.4) is 0 Å². The van der Waals surface area contributed by atoms with Crippen LogP contribution in [0.1, 0.15) is 15.4 Å². The van der Waals surface area contributed by atoms with Crippen LogP contribution in [0.4, 0.5) is 0 Å². The summed E-state index contributed by atoms with van der Waals surface area (Å²) >= 11 is 1.57. The van der Waals surface area contributed by atoms with Crippen LogP contribution >= 0.6 is 11.3 Å². The molecule has 0 spiro atoms. The third-order valence-electron chi connectivity index (χ3n) is 2.48. The van der Waals surface area contributed by atoms with Gasteiger partial charge < -0.3 is 5.11 Å². The summed E-state index contributed by atoms with van der Waals surface area (Å²) in [6.07, 6.45) is 4.35. The van der Waals surface area contributed by atoms with Gasteiger partial charge in [-0.2, -0.15) is 0 Å². The second kappa shape index (κ2) is 3.88. The summed E-state index contributed by atoms with van der Waals surface area (Å²) in [7, 11) is 0. The fraction of sp³-hybridized carbons (Fsp3) is 0.0909. The molecule has 0 aliphatic rings. The number of carboxylic acids is 1. The molecule has 3 rings (SSSR count). The third kappa shape index (κ3) is 1.65. The van der Waals surface area contributed by atoms with Gasteiger partial charge in [-0.1, -0.05) is 0 Å². The van der Waals surface area contributed by atoms with Crippen LogP contribution in [0.15, 0.2) is 24.9 Å². The lowest BCUT2D eigenvalue weighted by atomic mass is 10.3. The number of nitrogens with zero attached hydrogens (tertiary/aromatic N) is 4. The Hall–Kier alpha value is -2.28. The second-order valence-corrected chi connectivity index (χ2v) is 4.98. The molecule has 0 fully saturated rings. The van der Waals surface area contributed by atoms with Crippen molar-refractivity contribution in [2.24, 2.45) is 0 Å². The van der Waals surface area contributed by atoms with Gasteiger partial charge in [0.15, 0.2) is 5.69 Å². The van der Waals surface area contributed by atoms with E-state index in [9.17, 15) is 4.79 Å². The normalized spacial score (nSPS) is 10.9. The molecule has 3 heterocycles. The molecular weight excluding hydrogens is 252 g/mol. The first-order valence-corrected chi connectivity index (χ1v) is 5.95. The quantitative estimate of drug-likeness (QED) is 0.760. The van der Waals surface area contributed by atoms with Gasteiger partial charge in [-0.3, -0.25) is 4.57 Å². The van der Waals surface area contributed by atoms with Crippen LogP contribution in [0.2, 0.25) is 0 Å². The van der Waals surface area contributed by atoms with Gasteiger partial charge in [0, 0.05) is 11.1 Å². The largest absolute Gasteiger partial charge is 0.476 e. The van der Waals surface area contributed by atoms with Crippen molar-refractivity contribution in [3.05, 3.63) is 35.5 Å². The number of rotatable bonds is 2. The number of fused-ring (bicyclic) bond motifs is 1. The van der Waals surface area contributed by atoms with E-state index in [0.29, 0.717) is 5.82 Å². The first kappa shape index (κ1) is 10.8. The van der Waals surface area contributed by atoms with E-state index in [1.165, 1.54) is 18.9 Å². The minimum atomic E-state index is -1.06. The van der Waals surface area contributed by atoms with Crippen molar-refractivity contribution in [1.29, 1.82) is 0 Å². The number of thiophene rings is 1. The van der Waals surface area contributed by atoms with E-state index in [1.54, 1.807) is 15.9 Å². The van der Waals surface area contributed by atoms with Crippen LogP contribution in [0.25, 0.3) is 16.0 Å². The van der Waals surface area contributed by atoms with Crippen molar-refractivity contribution in [1.82, 2.24) is 19.5 Å². The SMILES string of the molecule is Cc1cc2c(-n3cnc(C(=O)O)c3)ncnc2s1. The van der Waals surface area contributed by atoms with Gasteiger partial charge in [0.2, 0.25) is 0 Å². The van der Waals surface area contributed by atoms with Gasteiger partial charge >= 0.3 is 5.97 Å². The molecule has 6 nitrogen and oxygen atoms in total. The van der Waals surface area contributed by atoms with Gasteiger partial charge in [-0.05, 0) is 13.0 Å². The molecule has 0 saturated carbocycles. The van der Waals surface area contributed by atoms with E-state index >= 15 is 0 Å². The van der Waals surface area contributed by atoms with Crippen molar-refractivity contribution >= 4 is 27.5 Å². The summed E-state index contributed by atoms with van der Waals surface area (Å²) in [6, 6.07) is 1.98. The molecular formula is C11H8N4O2S. The average Bonchev–Trinajstić information content (AvgIpc) is 2.92. The number of hydrogen-bond donors (Lipinski definition) is 1. The van der Waals surface area contributed by atoms with Gasteiger partial charge in [0.05, 0.1) is 5.39 Å². The van der Waals surface area contributed by atoms with E-state index in [0.717, 1.165) is 15.1 Å². The smallest absolute Gasteiger partial charge is 0.356 e. The molecule has 0 aliphatic heterocycles. The Kier molecular flexibility index (Phi) is 2.34. The molecule has 0 radical (unpaired) electrons. The summed E-state index contributed by atoms with van der Waals surface area (Å²) in [4.78, 5) is 25.0. The number of imidazole rings is 1. The number of hydrogen-bond acceptors (Lipinski definition) is 5. The molecule has 18 heavy (non-hydrogen) atoms. The monoisotopic (exact) mass is 260 g/mol. The number of aromatic carboxylic acids is 1.